The van der Waals surface area contributed by atoms with Crippen LogP contribution in [0.25, 0.3) is 22.0 Å². The maximum absolute atomic E-state index is 13.1. The number of benzene rings is 4. The number of aromatic nitrogens is 1. The van der Waals surface area contributed by atoms with E-state index in [9.17, 15) is 4.79 Å². The van der Waals surface area contributed by atoms with Gasteiger partial charge in [-0.25, -0.2) is 4.79 Å². The third-order valence-electron chi connectivity index (χ3n) is 6.13. The van der Waals surface area contributed by atoms with E-state index in [2.05, 4.69) is 78.4 Å². The van der Waals surface area contributed by atoms with Crippen LogP contribution in [0.4, 0.5) is 0 Å². The first-order chi connectivity index (χ1) is 16.6. The van der Waals surface area contributed by atoms with Crippen molar-refractivity contribution in [1.82, 2.24) is 4.98 Å². The van der Waals surface area contributed by atoms with E-state index in [1.807, 2.05) is 43.3 Å². The molecule has 5 aromatic rings. The van der Waals surface area contributed by atoms with Crippen LogP contribution >= 0.6 is 7.26 Å². The highest BCUT2D eigenvalue weighted by Gasteiger charge is 2.42. The number of fused-ring (bicyclic) bond motifs is 1. The van der Waals surface area contributed by atoms with Crippen LogP contribution in [0.3, 0.4) is 0 Å². The van der Waals surface area contributed by atoms with Gasteiger partial charge in [-0.15, -0.1) is 0 Å². The zero-order valence-electron chi connectivity index (χ0n) is 19.5. The van der Waals surface area contributed by atoms with Crippen molar-refractivity contribution in [3.63, 3.8) is 0 Å². The molecular weight excluding hydrogens is 521 g/mol. The van der Waals surface area contributed by atoms with Crippen LogP contribution in [0, 0.1) is 0 Å². The summed E-state index contributed by atoms with van der Waals surface area (Å²) in [5, 5.41) is 4.22. The Hall–Kier alpha value is -3.27. The molecule has 35 heavy (non-hydrogen) atoms. The van der Waals surface area contributed by atoms with Crippen LogP contribution in [0.2, 0.25) is 0 Å². The lowest BCUT2D eigenvalue weighted by Gasteiger charge is -2.25. The molecule has 0 saturated carbocycles. The zero-order valence-corrected chi connectivity index (χ0v) is 22.0. The van der Waals surface area contributed by atoms with Gasteiger partial charge in [0.15, 0.2) is 0 Å². The molecule has 0 amide bonds. The highest BCUT2D eigenvalue weighted by atomic mass is 79.9. The summed E-state index contributed by atoms with van der Waals surface area (Å²) in [4.78, 5) is 17.5. The Morgan fingerprint density at radius 3 is 1.97 bits per heavy atom. The molecule has 0 N–H and O–H groups in total. The monoisotopic (exact) mass is 545 g/mol. The summed E-state index contributed by atoms with van der Waals surface area (Å²) < 4.78 is 10.8. The van der Waals surface area contributed by atoms with E-state index in [1.54, 1.807) is 0 Å². The SMILES string of the molecule is CCOc1nc2cccc(-c3ccccc3[P+](C)(c3ccccc3)c3ccccc3)c2c(=O)o1.[Br-]. The van der Waals surface area contributed by atoms with E-state index < -0.39 is 12.9 Å². The number of nitrogens with zero attached hydrogens (tertiary/aromatic N) is 1. The molecule has 0 bridgehead atoms. The smallest absolute Gasteiger partial charge is 0.397 e. The second-order valence-corrected chi connectivity index (χ2v) is 11.6. The highest BCUT2D eigenvalue weighted by molar-refractivity contribution is 7.95. The predicted molar refractivity (Wildman–Crippen MR) is 142 cm³/mol. The average molecular weight is 546 g/mol. The Morgan fingerprint density at radius 1 is 0.771 bits per heavy atom. The third kappa shape index (κ3) is 4.54. The van der Waals surface area contributed by atoms with Crippen molar-refractivity contribution in [2.24, 2.45) is 0 Å². The minimum Gasteiger partial charge on any atom is -1.00 e. The minimum atomic E-state index is -2.02. The van der Waals surface area contributed by atoms with E-state index in [-0.39, 0.29) is 23.1 Å². The molecule has 1 aromatic heterocycles. The van der Waals surface area contributed by atoms with Crippen LogP contribution in [0.5, 0.6) is 6.08 Å². The van der Waals surface area contributed by atoms with Crippen molar-refractivity contribution in [2.45, 2.75) is 6.92 Å². The van der Waals surface area contributed by atoms with Crippen molar-refractivity contribution in [3.8, 4) is 17.2 Å². The molecule has 0 unspecified atom stereocenters. The first-order valence-corrected chi connectivity index (χ1v) is 13.5. The Morgan fingerprint density at radius 2 is 1.34 bits per heavy atom. The average Bonchev–Trinajstić information content (AvgIpc) is 2.89. The number of halogens is 1. The van der Waals surface area contributed by atoms with Gasteiger partial charge in [-0.1, -0.05) is 66.7 Å². The molecule has 6 heteroatoms. The number of rotatable bonds is 6. The Bertz CT molecular complexity index is 1460. The van der Waals surface area contributed by atoms with Gasteiger partial charge >= 0.3 is 11.7 Å². The fourth-order valence-electron chi connectivity index (χ4n) is 4.48. The summed E-state index contributed by atoms with van der Waals surface area (Å²) in [5.41, 5.74) is 1.94. The summed E-state index contributed by atoms with van der Waals surface area (Å²) in [6, 6.07) is 35.3. The molecule has 0 atom stereocenters. The highest BCUT2D eigenvalue weighted by Crippen LogP contribution is 2.53. The van der Waals surface area contributed by atoms with Crippen molar-refractivity contribution in [2.75, 3.05) is 13.3 Å². The molecule has 0 radical (unpaired) electrons. The molecule has 5 rings (SSSR count). The fraction of sp³-hybridized carbons (Fsp3) is 0.103. The van der Waals surface area contributed by atoms with Gasteiger partial charge in [-0.05, 0) is 43.3 Å². The Labute approximate surface area is 215 Å². The summed E-state index contributed by atoms with van der Waals surface area (Å²) >= 11 is 0. The van der Waals surface area contributed by atoms with Gasteiger partial charge < -0.3 is 26.1 Å². The van der Waals surface area contributed by atoms with Crippen LogP contribution in [-0.2, 0) is 0 Å². The van der Waals surface area contributed by atoms with Gasteiger partial charge in [0.05, 0.1) is 24.2 Å². The second-order valence-electron chi connectivity index (χ2n) is 8.09. The van der Waals surface area contributed by atoms with E-state index >= 15 is 0 Å². The molecule has 0 fully saturated rings. The Kier molecular flexibility index (Phi) is 7.49. The molecular formula is C29H25BrNO3P. The summed E-state index contributed by atoms with van der Waals surface area (Å²) in [5.74, 6) is 0. The lowest BCUT2D eigenvalue weighted by molar-refractivity contribution is -0.00000870. The van der Waals surface area contributed by atoms with Crippen LogP contribution in [-0.4, -0.2) is 18.3 Å². The maximum Gasteiger partial charge on any atom is 0.397 e. The molecule has 1 heterocycles. The van der Waals surface area contributed by atoms with Crippen LogP contribution in [0.1, 0.15) is 6.92 Å². The van der Waals surface area contributed by atoms with E-state index in [1.165, 1.54) is 15.9 Å². The molecule has 0 aliphatic heterocycles. The van der Waals surface area contributed by atoms with Crippen LogP contribution < -0.4 is 43.3 Å². The lowest BCUT2D eigenvalue weighted by atomic mass is 10.0. The van der Waals surface area contributed by atoms with Gasteiger partial charge in [0.25, 0.3) is 0 Å². The van der Waals surface area contributed by atoms with Gasteiger partial charge in [-0.2, -0.15) is 4.98 Å². The first kappa shape index (κ1) is 24.8. The standard InChI is InChI=1S/C29H25NO3P.BrH/c1-3-32-29-30-25-19-12-18-24(27(25)28(31)33-29)23-17-10-11-20-26(23)34(2,21-13-6-4-7-14-21)22-15-8-5-9-16-22;/h4-20H,3H2,1-2H3;1H/q+1;/p-1. The number of ether oxygens (including phenoxy) is 1. The van der Waals surface area contributed by atoms with Gasteiger partial charge in [0, 0.05) is 11.1 Å². The quantitative estimate of drug-likeness (QED) is 0.307. The van der Waals surface area contributed by atoms with Crippen molar-refractivity contribution >= 4 is 34.1 Å². The normalized spacial score (nSPS) is 11.1. The molecule has 4 nitrogen and oxygen atoms in total. The topological polar surface area (TPSA) is 52.3 Å². The van der Waals surface area contributed by atoms with E-state index in [0.717, 1.165) is 11.1 Å². The van der Waals surface area contributed by atoms with Crippen molar-refractivity contribution < 1.29 is 26.1 Å². The van der Waals surface area contributed by atoms with Crippen molar-refractivity contribution in [3.05, 3.63) is 114 Å². The van der Waals surface area contributed by atoms with Crippen LogP contribution in [0.15, 0.2) is 112 Å². The molecule has 0 aliphatic rings. The summed E-state index contributed by atoms with van der Waals surface area (Å²) in [7, 11) is -2.02. The molecule has 0 aliphatic carbocycles. The predicted octanol–water partition coefficient (Wildman–Crippen LogP) is 2.18. The fourth-order valence-corrected chi connectivity index (χ4v) is 7.93. The maximum atomic E-state index is 13.1. The van der Waals surface area contributed by atoms with Crippen molar-refractivity contribution in [1.29, 1.82) is 0 Å². The largest absolute Gasteiger partial charge is 1.00 e. The molecule has 0 saturated heterocycles. The first-order valence-electron chi connectivity index (χ1n) is 11.3. The van der Waals surface area contributed by atoms with Gasteiger partial charge in [0.1, 0.15) is 23.2 Å². The Balaban J connectivity index is 0.00000289. The lowest BCUT2D eigenvalue weighted by Crippen LogP contribution is -3.00. The van der Waals surface area contributed by atoms with Gasteiger partial charge in [-0.3, -0.25) is 0 Å². The van der Waals surface area contributed by atoms with E-state index in [4.69, 9.17) is 9.15 Å². The summed E-state index contributed by atoms with van der Waals surface area (Å²) in [6.07, 6.45) is -0.00338. The summed E-state index contributed by atoms with van der Waals surface area (Å²) in [6.45, 7) is 4.55. The minimum absolute atomic E-state index is 0. The molecule has 176 valence electrons. The number of hydrogen-bond donors (Lipinski definition) is 0. The van der Waals surface area contributed by atoms with Gasteiger partial charge in [0.2, 0.25) is 0 Å². The molecule has 4 aromatic carbocycles. The van der Waals surface area contributed by atoms with E-state index in [0.29, 0.717) is 17.5 Å². The third-order valence-corrected chi connectivity index (χ3v) is 10.1. The zero-order chi connectivity index (χ0) is 23.5. The molecule has 0 spiro atoms. The number of hydrogen-bond acceptors (Lipinski definition) is 4. The second kappa shape index (κ2) is 10.6.